The molecule has 0 aliphatic rings. The first kappa shape index (κ1) is 22.6. The van der Waals surface area contributed by atoms with Crippen LogP contribution in [0.3, 0.4) is 0 Å². The fourth-order valence-corrected chi connectivity index (χ4v) is 5.02. The number of hydrogen-bond donors (Lipinski definition) is 1. The Hall–Kier alpha value is -2.58. The van der Waals surface area contributed by atoms with Crippen LogP contribution in [0.15, 0.2) is 76.2 Å². The highest BCUT2D eigenvalue weighted by Crippen LogP contribution is 2.29. The van der Waals surface area contributed by atoms with Crippen LogP contribution in [0.5, 0.6) is 5.75 Å². The first-order chi connectivity index (χ1) is 15.6. The van der Waals surface area contributed by atoms with Gasteiger partial charge in [-0.05, 0) is 54.1 Å². The number of hydrazone groups is 1. The summed E-state index contributed by atoms with van der Waals surface area (Å²) in [7, 11) is 0. The van der Waals surface area contributed by atoms with Crippen molar-refractivity contribution in [2.75, 3.05) is 5.75 Å². The van der Waals surface area contributed by atoms with E-state index in [-0.39, 0.29) is 11.7 Å². The van der Waals surface area contributed by atoms with Gasteiger partial charge in [0.05, 0.1) is 22.2 Å². The van der Waals surface area contributed by atoms with Gasteiger partial charge in [0.15, 0.2) is 4.34 Å². The number of halogens is 2. The van der Waals surface area contributed by atoms with Crippen molar-refractivity contribution in [2.45, 2.75) is 10.9 Å². The molecule has 3 aromatic carbocycles. The van der Waals surface area contributed by atoms with Crippen LogP contribution in [-0.2, 0) is 11.4 Å². The number of fused-ring (bicyclic) bond motifs is 1. The summed E-state index contributed by atoms with van der Waals surface area (Å²) in [5.41, 5.74) is 5.17. The molecule has 1 amide bonds. The minimum absolute atomic E-state index is 0.190. The molecule has 4 rings (SSSR count). The zero-order valence-corrected chi connectivity index (χ0v) is 19.8. The Morgan fingerprint density at radius 2 is 1.94 bits per heavy atom. The van der Waals surface area contributed by atoms with Gasteiger partial charge in [0.2, 0.25) is 0 Å². The van der Waals surface area contributed by atoms with Gasteiger partial charge in [-0.25, -0.2) is 10.4 Å². The van der Waals surface area contributed by atoms with E-state index in [0.717, 1.165) is 25.7 Å². The summed E-state index contributed by atoms with van der Waals surface area (Å²) < 4.78 is 7.73. The highest BCUT2D eigenvalue weighted by atomic mass is 35.5. The average molecular weight is 502 g/mol. The van der Waals surface area contributed by atoms with Crippen LogP contribution < -0.4 is 10.2 Å². The Morgan fingerprint density at radius 1 is 1.12 bits per heavy atom. The van der Waals surface area contributed by atoms with Gasteiger partial charge in [0, 0.05) is 15.6 Å². The molecule has 0 saturated heterocycles. The number of thioether (sulfide) groups is 1. The van der Waals surface area contributed by atoms with Gasteiger partial charge >= 0.3 is 0 Å². The fraction of sp³-hybridized carbons (Fsp3) is 0.0870. The van der Waals surface area contributed by atoms with Crippen molar-refractivity contribution in [3.05, 3.63) is 87.9 Å². The van der Waals surface area contributed by atoms with E-state index in [1.807, 2.05) is 54.6 Å². The zero-order chi connectivity index (χ0) is 22.3. The lowest BCUT2D eigenvalue weighted by Crippen LogP contribution is -2.19. The lowest BCUT2D eigenvalue weighted by atomic mass is 10.2. The standard InChI is InChI=1S/C23H17Cl2N3O2S2/c24-17-8-7-16(19(25)11-17)13-30-18-9-5-15(6-10-18)12-26-28-22(29)14-31-23-27-20-3-1-2-4-21(20)32-23/h1-12H,13-14H2,(H,28,29)/b26-12-. The maximum atomic E-state index is 12.0. The molecular formula is C23H17Cl2N3O2S2. The smallest absolute Gasteiger partial charge is 0.250 e. The van der Waals surface area contributed by atoms with E-state index in [0.29, 0.717) is 22.4 Å². The van der Waals surface area contributed by atoms with E-state index < -0.39 is 0 Å². The fourth-order valence-electron chi connectivity index (χ4n) is 2.70. The van der Waals surface area contributed by atoms with E-state index in [1.54, 1.807) is 29.7 Å². The lowest BCUT2D eigenvalue weighted by molar-refractivity contribution is -0.118. The van der Waals surface area contributed by atoms with Gasteiger partial charge in [-0.2, -0.15) is 5.10 Å². The summed E-state index contributed by atoms with van der Waals surface area (Å²) in [6.45, 7) is 0.339. The maximum Gasteiger partial charge on any atom is 0.250 e. The molecule has 32 heavy (non-hydrogen) atoms. The third-order valence-corrected chi connectivity index (χ3v) is 7.06. The molecule has 1 N–H and O–H groups in total. The Morgan fingerprint density at radius 3 is 2.72 bits per heavy atom. The van der Waals surface area contributed by atoms with Crippen molar-refractivity contribution in [3.8, 4) is 5.75 Å². The van der Waals surface area contributed by atoms with E-state index >= 15 is 0 Å². The Kier molecular flexibility index (Phi) is 7.65. The molecule has 1 heterocycles. The summed E-state index contributed by atoms with van der Waals surface area (Å²) in [5.74, 6) is 0.756. The number of thiazole rings is 1. The average Bonchev–Trinajstić information content (AvgIpc) is 3.21. The summed E-state index contributed by atoms with van der Waals surface area (Å²) in [6, 6.07) is 20.6. The van der Waals surface area contributed by atoms with Gasteiger partial charge < -0.3 is 4.74 Å². The molecule has 0 spiro atoms. The number of carbonyl (C=O) groups is 1. The molecule has 1 aromatic heterocycles. The quantitative estimate of drug-likeness (QED) is 0.172. The molecule has 0 aliphatic carbocycles. The minimum atomic E-state index is -0.190. The largest absolute Gasteiger partial charge is 0.489 e. The molecule has 9 heteroatoms. The van der Waals surface area contributed by atoms with Gasteiger partial charge in [0.1, 0.15) is 12.4 Å². The normalized spacial score (nSPS) is 11.2. The number of nitrogens with zero attached hydrogens (tertiary/aromatic N) is 2. The highest BCUT2D eigenvalue weighted by molar-refractivity contribution is 8.01. The number of rotatable bonds is 8. The third kappa shape index (κ3) is 6.23. The Labute approximate surface area is 203 Å². The van der Waals surface area contributed by atoms with Crippen molar-refractivity contribution in [2.24, 2.45) is 5.10 Å². The Balaban J connectivity index is 1.23. The molecule has 0 atom stereocenters. The van der Waals surface area contributed by atoms with Gasteiger partial charge in [-0.15, -0.1) is 11.3 Å². The molecule has 0 bridgehead atoms. The monoisotopic (exact) mass is 501 g/mol. The Bertz CT molecular complexity index is 1230. The molecule has 5 nitrogen and oxygen atoms in total. The number of carbonyl (C=O) groups excluding carboxylic acids is 1. The number of aromatic nitrogens is 1. The zero-order valence-electron chi connectivity index (χ0n) is 16.6. The summed E-state index contributed by atoms with van der Waals surface area (Å²) in [4.78, 5) is 16.5. The van der Waals surface area contributed by atoms with Crippen molar-refractivity contribution < 1.29 is 9.53 Å². The van der Waals surface area contributed by atoms with Crippen LogP contribution in [0.25, 0.3) is 10.2 Å². The SMILES string of the molecule is O=C(CSc1nc2ccccc2s1)N/N=C\c1ccc(OCc2ccc(Cl)cc2Cl)cc1. The molecule has 0 unspecified atom stereocenters. The maximum absolute atomic E-state index is 12.0. The second kappa shape index (κ2) is 10.8. The molecule has 0 aliphatic heterocycles. The summed E-state index contributed by atoms with van der Waals surface area (Å²) in [6.07, 6.45) is 1.58. The van der Waals surface area contributed by atoms with Crippen LogP contribution in [0, 0.1) is 0 Å². The summed E-state index contributed by atoms with van der Waals surface area (Å²) in [5, 5.41) is 5.17. The van der Waals surface area contributed by atoms with Crippen LogP contribution in [0.2, 0.25) is 10.0 Å². The molecular weight excluding hydrogens is 485 g/mol. The van der Waals surface area contributed by atoms with Crippen molar-refractivity contribution in [3.63, 3.8) is 0 Å². The third-order valence-electron chi connectivity index (χ3n) is 4.29. The van der Waals surface area contributed by atoms with E-state index in [9.17, 15) is 4.79 Å². The first-order valence-corrected chi connectivity index (χ1v) is 12.1. The molecule has 0 radical (unpaired) electrons. The molecule has 162 valence electrons. The lowest BCUT2D eigenvalue weighted by Gasteiger charge is -2.08. The number of nitrogens with one attached hydrogen (secondary N) is 1. The number of hydrogen-bond acceptors (Lipinski definition) is 6. The van der Waals surface area contributed by atoms with Crippen molar-refractivity contribution in [1.29, 1.82) is 0 Å². The van der Waals surface area contributed by atoms with E-state index in [1.165, 1.54) is 11.8 Å². The minimum Gasteiger partial charge on any atom is -0.489 e. The highest BCUT2D eigenvalue weighted by Gasteiger charge is 2.07. The van der Waals surface area contributed by atoms with Crippen LogP contribution in [0.4, 0.5) is 0 Å². The van der Waals surface area contributed by atoms with Gasteiger partial charge in [0.25, 0.3) is 5.91 Å². The van der Waals surface area contributed by atoms with E-state index in [2.05, 4.69) is 15.5 Å². The van der Waals surface area contributed by atoms with Crippen molar-refractivity contribution in [1.82, 2.24) is 10.4 Å². The first-order valence-electron chi connectivity index (χ1n) is 9.54. The predicted octanol–water partition coefficient (Wildman–Crippen LogP) is 6.42. The number of amides is 1. The second-order valence-corrected chi connectivity index (χ2v) is 9.72. The van der Waals surface area contributed by atoms with Crippen LogP contribution >= 0.6 is 46.3 Å². The topological polar surface area (TPSA) is 63.6 Å². The summed E-state index contributed by atoms with van der Waals surface area (Å²) >= 11 is 15.0. The van der Waals surface area contributed by atoms with Gasteiger partial charge in [-0.3, -0.25) is 4.79 Å². The van der Waals surface area contributed by atoms with Gasteiger partial charge in [-0.1, -0.05) is 53.2 Å². The number of para-hydroxylation sites is 1. The number of benzene rings is 3. The molecule has 0 fully saturated rings. The van der Waals surface area contributed by atoms with Crippen LogP contribution in [-0.4, -0.2) is 22.9 Å². The van der Waals surface area contributed by atoms with E-state index in [4.69, 9.17) is 27.9 Å². The second-order valence-electron chi connectivity index (χ2n) is 6.62. The predicted molar refractivity (Wildman–Crippen MR) is 133 cm³/mol. The molecule has 4 aromatic rings. The van der Waals surface area contributed by atoms with Crippen molar-refractivity contribution >= 4 is 68.6 Å². The van der Waals surface area contributed by atoms with Crippen LogP contribution in [0.1, 0.15) is 11.1 Å². The molecule has 0 saturated carbocycles. The number of ether oxygens (including phenoxy) is 1.